The molecule has 18 heavy (non-hydrogen) atoms. The van der Waals surface area contributed by atoms with Gasteiger partial charge in [-0.15, -0.1) is 0 Å². The van der Waals surface area contributed by atoms with Gasteiger partial charge in [-0.05, 0) is 18.6 Å². The first-order chi connectivity index (χ1) is 8.58. The zero-order valence-corrected chi connectivity index (χ0v) is 11.2. The Bertz CT molecular complexity index is 406. The average molecular weight is 273 g/mol. The van der Waals surface area contributed by atoms with Crippen LogP contribution in [0.25, 0.3) is 0 Å². The SMILES string of the molecule is CCCC(COC)Nc1ccc(Cl)cc1[N+](=O)[O-]. The Morgan fingerprint density at radius 1 is 1.56 bits per heavy atom. The van der Waals surface area contributed by atoms with Crippen molar-refractivity contribution in [1.82, 2.24) is 0 Å². The van der Waals surface area contributed by atoms with E-state index in [2.05, 4.69) is 12.2 Å². The van der Waals surface area contributed by atoms with Crippen molar-refractivity contribution in [2.75, 3.05) is 19.0 Å². The molecule has 0 spiro atoms. The molecule has 1 unspecified atom stereocenters. The summed E-state index contributed by atoms with van der Waals surface area (Å²) >= 11 is 5.76. The van der Waals surface area contributed by atoms with Crippen LogP contribution in [0.15, 0.2) is 18.2 Å². The standard InChI is InChI=1S/C12H17ClN2O3/c1-3-4-10(8-18-2)14-11-6-5-9(13)7-12(11)15(16)17/h5-7,10,14H,3-4,8H2,1-2H3. The number of rotatable bonds is 7. The fourth-order valence-corrected chi connectivity index (χ4v) is 1.91. The van der Waals surface area contributed by atoms with E-state index in [1.54, 1.807) is 19.2 Å². The lowest BCUT2D eigenvalue weighted by Gasteiger charge is -2.18. The van der Waals surface area contributed by atoms with Gasteiger partial charge >= 0.3 is 0 Å². The summed E-state index contributed by atoms with van der Waals surface area (Å²) in [6, 6.07) is 4.66. The monoisotopic (exact) mass is 272 g/mol. The molecule has 0 radical (unpaired) electrons. The molecule has 5 nitrogen and oxygen atoms in total. The summed E-state index contributed by atoms with van der Waals surface area (Å²) in [4.78, 5) is 10.5. The summed E-state index contributed by atoms with van der Waals surface area (Å²) in [5.74, 6) is 0. The fraction of sp³-hybridized carbons (Fsp3) is 0.500. The summed E-state index contributed by atoms with van der Waals surface area (Å²) in [5.41, 5.74) is 0.458. The smallest absolute Gasteiger partial charge is 0.293 e. The van der Waals surface area contributed by atoms with E-state index < -0.39 is 4.92 Å². The van der Waals surface area contributed by atoms with Gasteiger partial charge in [0.15, 0.2) is 0 Å². The van der Waals surface area contributed by atoms with Crippen molar-refractivity contribution in [3.63, 3.8) is 0 Å². The highest BCUT2D eigenvalue weighted by Crippen LogP contribution is 2.28. The summed E-state index contributed by atoms with van der Waals surface area (Å²) < 4.78 is 5.09. The van der Waals surface area contributed by atoms with Crippen LogP contribution >= 0.6 is 11.6 Å². The minimum Gasteiger partial charge on any atom is -0.383 e. The third-order valence-electron chi connectivity index (χ3n) is 2.52. The van der Waals surface area contributed by atoms with Gasteiger partial charge in [0, 0.05) is 24.2 Å². The lowest BCUT2D eigenvalue weighted by atomic mass is 10.1. The largest absolute Gasteiger partial charge is 0.383 e. The highest BCUT2D eigenvalue weighted by Gasteiger charge is 2.17. The Morgan fingerprint density at radius 2 is 2.28 bits per heavy atom. The number of nitro benzene ring substituents is 1. The third kappa shape index (κ3) is 4.16. The molecule has 0 aliphatic carbocycles. The zero-order chi connectivity index (χ0) is 13.5. The van der Waals surface area contributed by atoms with Crippen molar-refractivity contribution >= 4 is 23.0 Å². The van der Waals surface area contributed by atoms with Gasteiger partial charge in [0.25, 0.3) is 5.69 Å². The lowest BCUT2D eigenvalue weighted by Crippen LogP contribution is -2.25. The van der Waals surface area contributed by atoms with Gasteiger partial charge < -0.3 is 10.1 Å². The molecule has 0 bridgehead atoms. The average Bonchev–Trinajstić information content (AvgIpc) is 2.32. The van der Waals surface area contributed by atoms with Crippen LogP contribution in [0.4, 0.5) is 11.4 Å². The predicted octanol–water partition coefficient (Wildman–Crippen LogP) is 3.48. The number of ether oxygens (including phenoxy) is 1. The van der Waals surface area contributed by atoms with E-state index in [0.717, 1.165) is 12.8 Å². The van der Waals surface area contributed by atoms with E-state index in [0.29, 0.717) is 17.3 Å². The van der Waals surface area contributed by atoms with Crippen molar-refractivity contribution < 1.29 is 9.66 Å². The maximum absolute atomic E-state index is 10.9. The molecular weight excluding hydrogens is 256 g/mol. The number of nitrogens with zero attached hydrogens (tertiary/aromatic N) is 1. The van der Waals surface area contributed by atoms with Gasteiger partial charge in [0.1, 0.15) is 5.69 Å². The summed E-state index contributed by atoms with van der Waals surface area (Å²) in [7, 11) is 1.61. The van der Waals surface area contributed by atoms with Crippen LogP contribution in [-0.2, 0) is 4.74 Å². The second-order valence-electron chi connectivity index (χ2n) is 4.00. The molecule has 6 heteroatoms. The molecule has 0 aliphatic rings. The first kappa shape index (κ1) is 14.7. The molecule has 0 aromatic heterocycles. The predicted molar refractivity (Wildman–Crippen MR) is 72.3 cm³/mol. The van der Waals surface area contributed by atoms with Crippen LogP contribution in [-0.4, -0.2) is 24.7 Å². The molecule has 100 valence electrons. The maximum Gasteiger partial charge on any atom is 0.293 e. The van der Waals surface area contributed by atoms with E-state index >= 15 is 0 Å². The van der Waals surface area contributed by atoms with E-state index in [-0.39, 0.29) is 11.7 Å². The van der Waals surface area contributed by atoms with Crippen LogP contribution in [0.3, 0.4) is 0 Å². The van der Waals surface area contributed by atoms with Crippen LogP contribution in [0, 0.1) is 10.1 Å². The molecule has 0 aliphatic heterocycles. The molecule has 1 aromatic rings. The first-order valence-corrected chi connectivity index (χ1v) is 6.15. The molecule has 1 aromatic carbocycles. The number of halogens is 1. The van der Waals surface area contributed by atoms with Gasteiger partial charge in [0.05, 0.1) is 11.5 Å². The Morgan fingerprint density at radius 3 is 2.83 bits per heavy atom. The Kier molecular flexibility index (Phi) is 5.88. The molecule has 0 saturated heterocycles. The van der Waals surface area contributed by atoms with E-state index in [4.69, 9.17) is 16.3 Å². The van der Waals surface area contributed by atoms with E-state index in [1.807, 2.05) is 0 Å². The van der Waals surface area contributed by atoms with Gasteiger partial charge in [-0.25, -0.2) is 0 Å². The molecule has 0 heterocycles. The van der Waals surface area contributed by atoms with Crippen molar-refractivity contribution in [3.8, 4) is 0 Å². The van der Waals surface area contributed by atoms with Crippen molar-refractivity contribution in [1.29, 1.82) is 0 Å². The second-order valence-corrected chi connectivity index (χ2v) is 4.44. The second kappa shape index (κ2) is 7.18. The molecule has 1 rings (SSSR count). The summed E-state index contributed by atoms with van der Waals surface area (Å²) in [6.07, 6.45) is 1.86. The summed E-state index contributed by atoms with van der Waals surface area (Å²) in [6.45, 7) is 2.56. The Hall–Kier alpha value is -1.33. The molecule has 0 amide bonds. The van der Waals surface area contributed by atoms with E-state index in [9.17, 15) is 10.1 Å². The van der Waals surface area contributed by atoms with Gasteiger partial charge in [0.2, 0.25) is 0 Å². The highest BCUT2D eigenvalue weighted by molar-refractivity contribution is 6.30. The Balaban J connectivity index is 2.90. The first-order valence-electron chi connectivity index (χ1n) is 5.77. The van der Waals surface area contributed by atoms with Crippen LogP contribution in [0.2, 0.25) is 5.02 Å². The fourth-order valence-electron chi connectivity index (χ4n) is 1.74. The normalized spacial score (nSPS) is 12.2. The van der Waals surface area contributed by atoms with Crippen LogP contribution in [0.5, 0.6) is 0 Å². The highest BCUT2D eigenvalue weighted by atomic mass is 35.5. The number of benzene rings is 1. The van der Waals surface area contributed by atoms with E-state index in [1.165, 1.54) is 6.07 Å². The topological polar surface area (TPSA) is 64.4 Å². The molecular formula is C12H17ClN2O3. The number of anilines is 1. The van der Waals surface area contributed by atoms with Crippen molar-refractivity contribution in [2.24, 2.45) is 0 Å². The number of hydrogen-bond acceptors (Lipinski definition) is 4. The van der Waals surface area contributed by atoms with Gasteiger partial charge in [-0.2, -0.15) is 0 Å². The minimum atomic E-state index is -0.440. The number of methoxy groups -OCH3 is 1. The Labute approximate surface area is 111 Å². The van der Waals surface area contributed by atoms with Gasteiger partial charge in [-0.3, -0.25) is 10.1 Å². The van der Waals surface area contributed by atoms with Crippen molar-refractivity contribution in [2.45, 2.75) is 25.8 Å². The van der Waals surface area contributed by atoms with Crippen molar-refractivity contribution in [3.05, 3.63) is 33.3 Å². The molecule has 0 saturated carbocycles. The zero-order valence-electron chi connectivity index (χ0n) is 10.5. The van der Waals surface area contributed by atoms with Gasteiger partial charge in [-0.1, -0.05) is 24.9 Å². The number of nitro groups is 1. The molecule has 0 fully saturated rings. The maximum atomic E-state index is 10.9. The van der Waals surface area contributed by atoms with Crippen LogP contribution < -0.4 is 5.32 Å². The third-order valence-corrected chi connectivity index (χ3v) is 2.76. The quantitative estimate of drug-likeness (QED) is 0.610. The lowest BCUT2D eigenvalue weighted by molar-refractivity contribution is -0.384. The molecule has 1 atom stereocenters. The molecule has 1 N–H and O–H groups in total. The number of nitrogens with one attached hydrogen (secondary N) is 1. The summed E-state index contributed by atoms with van der Waals surface area (Å²) in [5, 5.41) is 14.4. The number of hydrogen-bond donors (Lipinski definition) is 1. The van der Waals surface area contributed by atoms with Crippen LogP contribution in [0.1, 0.15) is 19.8 Å². The minimum absolute atomic E-state index is 0.0142.